The van der Waals surface area contributed by atoms with Crippen LogP contribution in [0.25, 0.3) is 17.0 Å². The van der Waals surface area contributed by atoms with E-state index in [9.17, 15) is 14.4 Å². The van der Waals surface area contributed by atoms with Crippen molar-refractivity contribution in [1.29, 1.82) is 0 Å². The number of amides is 2. The number of benzene rings is 1. The number of hydrogen-bond acceptors (Lipinski definition) is 6. The van der Waals surface area contributed by atoms with E-state index in [0.29, 0.717) is 12.1 Å². The summed E-state index contributed by atoms with van der Waals surface area (Å²) in [6.07, 6.45) is 9.33. The van der Waals surface area contributed by atoms with Crippen LogP contribution in [0.5, 0.6) is 0 Å². The number of carbonyl (C=O) groups is 2. The first-order valence-corrected chi connectivity index (χ1v) is 13.1. The number of nitrogens with one attached hydrogen (secondary N) is 1. The first-order chi connectivity index (χ1) is 16.9. The summed E-state index contributed by atoms with van der Waals surface area (Å²) in [7, 11) is 0. The number of anilines is 1. The summed E-state index contributed by atoms with van der Waals surface area (Å²) in [6, 6.07) is 2.13. The Morgan fingerprint density at radius 1 is 1.11 bits per heavy atom. The van der Waals surface area contributed by atoms with Gasteiger partial charge in [0.1, 0.15) is 11.2 Å². The Bertz CT molecular complexity index is 1320. The highest BCUT2D eigenvalue weighted by molar-refractivity contribution is 7.80. The van der Waals surface area contributed by atoms with Crippen molar-refractivity contribution >= 4 is 51.9 Å². The normalized spacial score (nSPS) is 18.9. The van der Waals surface area contributed by atoms with Crippen LogP contribution in [0, 0.1) is 6.92 Å². The molecule has 1 aromatic carbocycles. The Labute approximate surface area is 210 Å². The molecule has 184 valence electrons. The lowest BCUT2D eigenvalue weighted by atomic mass is 9.88. The van der Waals surface area contributed by atoms with E-state index in [0.717, 1.165) is 81.0 Å². The van der Waals surface area contributed by atoms with Crippen molar-refractivity contribution in [3.63, 3.8) is 0 Å². The van der Waals surface area contributed by atoms with Gasteiger partial charge in [0.25, 0.3) is 11.8 Å². The molecule has 1 N–H and O–H groups in total. The summed E-state index contributed by atoms with van der Waals surface area (Å²) in [4.78, 5) is 42.9. The largest absolute Gasteiger partial charge is 0.422 e. The third-order valence-corrected chi connectivity index (χ3v) is 7.73. The predicted molar refractivity (Wildman–Crippen MR) is 141 cm³/mol. The minimum atomic E-state index is -0.583. The highest BCUT2D eigenvalue weighted by Gasteiger charge is 2.34. The Morgan fingerprint density at radius 2 is 1.89 bits per heavy atom. The number of hydrogen-bond donors (Lipinski definition) is 1. The van der Waals surface area contributed by atoms with Crippen molar-refractivity contribution in [2.24, 2.45) is 0 Å². The average Bonchev–Trinajstić information content (AvgIpc) is 2.84. The fourth-order valence-electron chi connectivity index (χ4n) is 5.58. The molecule has 3 aliphatic rings. The molecule has 7 nitrogen and oxygen atoms in total. The molecule has 0 saturated carbocycles. The third kappa shape index (κ3) is 4.18. The molecule has 0 bridgehead atoms. The summed E-state index contributed by atoms with van der Waals surface area (Å²) in [6.45, 7) is 6.50. The standard InChI is InChI=1S/C27H31N3O4S/c1-3-4-5-6-13-30-25(32)21(24(31)28-27(30)35)15-20-16(2)19-14-17-9-7-11-29-12-8-10-18(22(17)29)23(19)34-26(20)33/h14-15H,3-13H2,1-2H3,(H,28,31,35)/b21-15-. The van der Waals surface area contributed by atoms with Crippen LogP contribution in [0.2, 0.25) is 0 Å². The van der Waals surface area contributed by atoms with E-state index in [1.54, 1.807) is 0 Å². The fourth-order valence-corrected chi connectivity index (χ4v) is 5.84. The molecule has 1 fully saturated rings. The van der Waals surface area contributed by atoms with Crippen molar-refractivity contribution in [2.75, 3.05) is 24.5 Å². The molecular formula is C27H31N3O4S. The second kappa shape index (κ2) is 9.57. The Balaban J connectivity index is 1.56. The minimum Gasteiger partial charge on any atom is -0.422 e. The maximum Gasteiger partial charge on any atom is 0.343 e. The van der Waals surface area contributed by atoms with Crippen molar-refractivity contribution in [1.82, 2.24) is 10.2 Å². The van der Waals surface area contributed by atoms with Gasteiger partial charge in [0.05, 0.1) is 5.56 Å². The average molecular weight is 494 g/mol. The molecule has 8 heteroatoms. The quantitative estimate of drug-likeness (QED) is 0.215. The maximum absolute atomic E-state index is 13.2. The molecule has 5 rings (SSSR count). The number of aryl methyl sites for hydroxylation is 3. The van der Waals surface area contributed by atoms with Gasteiger partial charge in [0.2, 0.25) is 0 Å². The monoisotopic (exact) mass is 493 g/mol. The summed E-state index contributed by atoms with van der Waals surface area (Å²) < 4.78 is 5.89. The van der Waals surface area contributed by atoms with Gasteiger partial charge in [-0.3, -0.25) is 19.8 Å². The molecule has 1 saturated heterocycles. The van der Waals surface area contributed by atoms with Gasteiger partial charge in [-0.15, -0.1) is 0 Å². The van der Waals surface area contributed by atoms with Crippen molar-refractivity contribution in [2.45, 2.75) is 65.2 Å². The summed E-state index contributed by atoms with van der Waals surface area (Å²) in [5.41, 5.74) is 4.61. The maximum atomic E-state index is 13.2. The van der Waals surface area contributed by atoms with Crippen molar-refractivity contribution in [3.05, 3.63) is 44.3 Å². The first kappa shape index (κ1) is 23.7. The van der Waals surface area contributed by atoms with Gasteiger partial charge in [-0.2, -0.15) is 0 Å². The molecule has 2 amide bonds. The zero-order valence-corrected chi connectivity index (χ0v) is 21.2. The van der Waals surface area contributed by atoms with Crippen LogP contribution in [0.4, 0.5) is 5.69 Å². The lowest BCUT2D eigenvalue weighted by Gasteiger charge is -2.37. The van der Waals surface area contributed by atoms with Crippen LogP contribution < -0.4 is 15.8 Å². The third-order valence-electron chi connectivity index (χ3n) is 7.40. The second-order valence-electron chi connectivity index (χ2n) is 9.70. The molecule has 3 aliphatic heterocycles. The van der Waals surface area contributed by atoms with Gasteiger partial charge in [-0.1, -0.05) is 26.2 Å². The number of fused-ring (bicyclic) bond motifs is 2. The molecule has 4 heterocycles. The van der Waals surface area contributed by atoms with Gasteiger partial charge in [0, 0.05) is 36.3 Å². The molecule has 0 atom stereocenters. The van der Waals surface area contributed by atoms with Crippen LogP contribution in [0.15, 0.2) is 20.9 Å². The van der Waals surface area contributed by atoms with Crippen LogP contribution >= 0.6 is 12.2 Å². The van der Waals surface area contributed by atoms with Crippen molar-refractivity contribution < 1.29 is 14.0 Å². The number of rotatable bonds is 6. The Hall–Kier alpha value is -3.00. The first-order valence-electron chi connectivity index (χ1n) is 12.7. The van der Waals surface area contributed by atoms with E-state index in [1.807, 2.05) is 6.92 Å². The van der Waals surface area contributed by atoms with Crippen LogP contribution in [-0.4, -0.2) is 41.5 Å². The highest BCUT2D eigenvalue weighted by Crippen LogP contribution is 2.40. The van der Waals surface area contributed by atoms with E-state index < -0.39 is 17.4 Å². The molecular weight excluding hydrogens is 462 g/mol. The smallest absolute Gasteiger partial charge is 0.343 e. The summed E-state index contributed by atoms with van der Waals surface area (Å²) in [5, 5.41) is 3.61. The fraction of sp³-hybridized carbons (Fsp3) is 0.481. The Kier molecular flexibility index (Phi) is 6.49. The van der Waals surface area contributed by atoms with E-state index in [-0.39, 0.29) is 16.2 Å². The van der Waals surface area contributed by atoms with Crippen molar-refractivity contribution in [3.8, 4) is 0 Å². The van der Waals surface area contributed by atoms with Crippen LogP contribution in [0.3, 0.4) is 0 Å². The van der Waals surface area contributed by atoms with Gasteiger partial charge in [-0.25, -0.2) is 4.79 Å². The number of carbonyl (C=O) groups excluding carboxylic acids is 2. The zero-order valence-electron chi connectivity index (χ0n) is 20.4. The topological polar surface area (TPSA) is 82.9 Å². The van der Waals surface area contributed by atoms with E-state index in [1.165, 1.54) is 22.2 Å². The molecule has 35 heavy (non-hydrogen) atoms. The minimum absolute atomic E-state index is 0.0886. The Morgan fingerprint density at radius 3 is 2.66 bits per heavy atom. The molecule has 1 aromatic heterocycles. The second-order valence-corrected chi connectivity index (χ2v) is 10.1. The highest BCUT2D eigenvalue weighted by atomic mass is 32.1. The summed E-state index contributed by atoms with van der Waals surface area (Å²) >= 11 is 5.25. The van der Waals surface area contributed by atoms with Gasteiger partial charge in [-0.05, 0) is 74.5 Å². The van der Waals surface area contributed by atoms with Gasteiger partial charge < -0.3 is 9.32 Å². The molecule has 0 radical (unpaired) electrons. The molecule has 0 aliphatic carbocycles. The van der Waals surface area contributed by atoms with Crippen LogP contribution in [0.1, 0.15) is 67.7 Å². The van der Waals surface area contributed by atoms with E-state index >= 15 is 0 Å². The lowest BCUT2D eigenvalue weighted by molar-refractivity contribution is -0.128. The number of thiocarbonyl (C=S) groups is 1. The molecule has 2 aromatic rings. The number of unbranched alkanes of at least 4 members (excludes halogenated alkanes) is 3. The zero-order chi connectivity index (χ0) is 24.7. The number of nitrogens with zero attached hydrogens (tertiary/aromatic N) is 2. The van der Waals surface area contributed by atoms with Crippen LogP contribution in [-0.2, 0) is 22.4 Å². The SMILES string of the molecule is CCCCCCN1C(=O)/C(=C\c2c(C)c3cc4c5c(c3oc2=O)CCCN5CCC4)C(=O)NC1=S. The van der Waals surface area contributed by atoms with Gasteiger partial charge >= 0.3 is 5.63 Å². The van der Waals surface area contributed by atoms with Gasteiger partial charge in [0.15, 0.2) is 5.11 Å². The summed E-state index contributed by atoms with van der Waals surface area (Å²) in [5.74, 6) is -1.05. The molecule has 0 spiro atoms. The predicted octanol–water partition coefficient (Wildman–Crippen LogP) is 4.01. The molecule has 0 unspecified atom stereocenters. The lowest BCUT2D eigenvalue weighted by Crippen LogP contribution is -2.54. The van der Waals surface area contributed by atoms with E-state index in [4.69, 9.17) is 16.6 Å². The van der Waals surface area contributed by atoms with E-state index in [2.05, 4.69) is 23.2 Å².